The van der Waals surface area contributed by atoms with Crippen molar-refractivity contribution in [1.29, 1.82) is 0 Å². The van der Waals surface area contributed by atoms with E-state index < -0.39 is 0 Å². The SMILES string of the molecule is CC(C)OCCOc1nc(NN)nc2ccccc12. The van der Waals surface area contributed by atoms with Gasteiger partial charge in [-0.15, -0.1) is 0 Å². The standard InChI is InChI=1S/C13H18N4O2/c1-9(2)18-7-8-19-12-10-5-3-4-6-11(10)15-13(16-12)17-14/h3-6,9H,7-8,14H2,1-2H3,(H,15,16,17). The van der Waals surface area contributed by atoms with Crippen molar-refractivity contribution < 1.29 is 9.47 Å². The van der Waals surface area contributed by atoms with Crippen LogP contribution in [-0.2, 0) is 4.74 Å². The third-order valence-electron chi connectivity index (χ3n) is 2.47. The molecule has 0 saturated carbocycles. The molecule has 0 saturated heterocycles. The number of nitrogens with two attached hydrogens (primary N) is 1. The number of fused-ring (bicyclic) bond motifs is 1. The van der Waals surface area contributed by atoms with Gasteiger partial charge in [0.2, 0.25) is 11.8 Å². The molecule has 3 N–H and O–H groups in total. The van der Waals surface area contributed by atoms with Crippen LogP contribution in [-0.4, -0.2) is 29.3 Å². The van der Waals surface area contributed by atoms with Crippen molar-refractivity contribution in [2.24, 2.45) is 5.84 Å². The minimum atomic E-state index is 0.187. The second-order valence-corrected chi connectivity index (χ2v) is 4.28. The maximum atomic E-state index is 5.64. The molecule has 0 radical (unpaired) electrons. The van der Waals surface area contributed by atoms with E-state index in [1.165, 1.54) is 0 Å². The molecule has 2 rings (SSSR count). The van der Waals surface area contributed by atoms with E-state index in [9.17, 15) is 0 Å². The molecule has 6 heteroatoms. The van der Waals surface area contributed by atoms with E-state index in [2.05, 4.69) is 15.4 Å². The highest BCUT2D eigenvalue weighted by molar-refractivity contribution is 5.84. The van der Waals surface area contributed by atoms with E-state index in [0.717, 1.165) is 10.9 Å². The topological polar surface area (TPSA) is 82.3 Å². The number of ether oxygens (including phenoxy) is 2. The Labute approximate surface area is 111 Å². The van der Waals surface area contributed by atoms with Crippen molar-refractivity contribution >= 4 is 16.9 Å². The molecule has 6 nitrogen and oxygen atoms in total. The number of anilines is 1. The highest BCUT2D eigenvalue weighted by atomic mass is 16.5. The summed E-state index contributed by atoms with van der Waals surface area (Å²) in [5.74, 6) is 6.19. The lowest BCUT2D eigenvalue weighted by molar-refractivity contribution is 0.0546. The second-order valence-electron chi connectivity index (χ2n) is 4.28. The van der Waals surface area contributed by atoms with Crippen LogP contribution in [0.1, 0.15) is 13.8 Å². The first kappa shape index (κ1) is 13.5. The summed E-state index contributed by atoms with van der Waals surface area (Å²) in [5, 5.41) is 0.853. The van der Waals surface area contributed by atoms with Crippen molar-refractivity contribution in [1.82, 2.24) is 9.97 Å². The summed E-state index contributed by atoms with van der Waals surface area (Å²) in [5.41, 5.74) is 3.22. The average molecular weight is 262 g/mol. The zero-order valence-corrected chi connectivity index (χ0v) is 11.1. The van der Waals surface area contributed by atoms with E-state index in [0.29, 0.717) is 25.0 Å². The zero-order chi connectivity index (χ0) is 13.7. The van der Waals surface area contributed by atoms with Crippen molar-refractivity contribution in [2.45, 2.75) is 20.0 Å². The lowest BCUT2D eigenvalue weighted by atomic mass is 10.2. The normalized spacial score (nSPS) is 10.9. The molecule has 1 aromatic carbocycles. The van der Waals surface area contributed by atoms with Gasteiger partial charge in [0.25, 0.3) is 0 Å². The van der Waals surface area contributed by atoms with Crippen LogP contribution >= 0.6 is 0 Å². The number of nitrogens with zero attached hydrogens (tertiary/aromatic N) is 2. The first-order valence-corrected chi connectivity index (χ1v) is 6.18. The molecule has 0 unspecified atom stereocenters. The molecule has 0 aliphatic carbocycles. The van der Waals surface area contributed by atoms with Gasteiger partial charge < -0.3 is 9.47 Å². The van der Waals surface area contributed by atoms with Crippen LogP contribution in [0, 0.1) is 0 Å². The van der Waals surface area contributed by atoms with Crippen molar-refractivity contribution in [3.8, 4) is 5.88 Å². The van der Waals surface area contributed by atoms with Gasteiger partial charge in [0, 0.05) is 0 Å². The summed E-state index contributed by atoms with van der Waals surface area (Å²) < 4.78 is 11.1. The predicted octanol–water partition coefficient (Wildman–Crippen LogP) is 1.72. The highest BCUT2D eigenvalue weighted by Gasteiger charge is 2.07. The number of nitrogens with one attached hydrogen (secondary N) is 1. The zero-order valence-electron chi connectivity index (χ0n) is 11.1. The Balaban J connectivity index is 2.16. The van der Waals surface area contributed by atoms with Crippen LogP contribution < -0.4 is 16.0 Å². The van der Waals surface area contributed by atoms with Gasteiger partial charge in [-0.2, -0.15) is 4.98 Å². The maximum absolute atomic E-state index is 5.64. The predicted molar refractivity (Wildman–Crippen MR) is 73.9 cm³/mol. The molecule has 0 atom stereocenters. The first-order chi connectivity index (χ1) is 9.20. The van der Waals surface area contributed by atoms with Gasteiger partial charge in [0.05, 0.1) is 23.6 Å². The fourth-order valence-corrected chi connectivity index (χ4v) is 1.64. The van der Waals surface area contributed by atoms with Crippen LogP contribution in [0.5, 0.6) is 5.88 Å². The molecule has 0 aliphatic rings. The quantitative estimate of drug-likeness (QED) is 0.468. The van der Waals surface area contributed by atoms with Crippen LogP contribution in [0.25, 0.3) is 10.9 Å². The lowest BCUT2D eigenvalue weighted by Gasteiger charge is -2.11. The molecule has 1 heterocycles. The van der Waals surface area contributed by atoms with Crippen LogP contribution in [0.2, 0.25) is 0 Å². The van der Waals surface area contributed by atoms with E-state index in [1.54, 1.807) is 0 Å². The fourth-order valence-electron chi connectivity index (χ4n) is 1.64. The van der Waals surface area contributed by atoms with Gasteiger partial charge in [-0.3, -0.25) is 5.43 Å². The summed E-state index contributed by atoms with van der Waals surface area (Å²) in [7, 11) is 0. The Kier molecular flexibility index (Phi) is 4.48. The minimum Gasteiger partial charge on any atom is -0.475 e. The number of nitrogen functional groups attached to an aromatic ring is 1. The van der Waals surface area contributed by atoms with E-state index in [-0.39, 0.29) is 6.10 Å². The number of hydrogen-bond donors (Lipinski definition) is 2. The maximum Gasteiger partial charge on any atom is 0.241 e. The van der Waals surface area contributed by atoms with E-state index >= 15 is 0 Å². The van der Waals surface area contributed by atoms with Gasteiger partial charge in [-0.05, 0) is 26.0 Å². The summed E-state index contributed by atoms with van der Waals surface area (Å²) >= 11 is 0. The van der Waals surface area contributed by atoms with Gasteiger partial charge >= 0.3 is 0 Å². The Hall–Kier alpha value is -1.92. The molecule has 0 fully saturated rings. The van der Waals surface area contributed by atoms with Gasteiger partial charge in [-0.25, -0.2) is 10.8 Å². The first-order valence-electron chi connectivity index (χ1n) is 6.18. The van der Waals surface area contributed by atoms with Crippen LogP contribution in [0.4, 0.5) is 5.95 Å². The molecule has 0 spiro atoms. The Bertz CT molecular complexity index is 545. The van der Waals surface area contributed by atoms with E-state index in [4.69, 9.17) is 15.3 Å². The number of hydrogen-bond acceptors (Lipinski definition) is 6. The Morgan fingerprint density at radius 1 is 1.21 bits per heavy atom. The molecule has 0 bridgehead atoms. The number of rotatable bonds is 6. The highest BCUT2D eigenvalue weighted by Crippen LogP contribution is 2.23. The van der Waals surface area contributed by atoms with Gasteiger partial charge in [0.1, 0.15) is 6.61 Å². The Morgan fingerprint density at radius 3 is 2.74 bits per heavy atom. The van der Waals surface area contributed by atoms with Crippen molar-refractivity contribution in [3.63, 3.8) is 0 Å². The molecular weight excluding hydrogens is 244 g/mol. The van der Waals surface area contributed by atoms with Gasteiger partial charge in [0.15, 0.2) is 0 Å². The summed E-state index contributed by atoms with van der Waals surface area (Å²) in [6.45, 7) is 4.91. The summed E-state index contributed by atoms with van der Waals surface area (Å²) in [4.78, 5) is 8.46. The third kappa shape index (κ3) is 3.52. The van der Waals surface area contributed by atoms with Gasteiger partial charge in [-0.1, -0.05) is 12.1 Å². The number of para-hydroxylation sites is 1. The number of benzene rings is 1. The molecule has 102 valence electrons. The number of hydrazine groups is 1. The largest absolute Gasteiger partial charge is 0.475 e. The monoisotopic (exact) mass is 262 g/mol. The summed E-state index contributed by atoms with van der Waals surface area (Å²) in [6.07, 6.45) is 0.187. The van der Waals surface area contributed by atoms with Crippen molar-refractivity contribution in [2.75, 3.05) is 18.6 Å². The fraction of sp³-hybridized carbons (Fsp3) is 0.385. The molecule has 1 aromatic heterocycles. The smallest absolute Gasteiger partial charge is 0.241 e. The lowest BCUT2D eigenvalue weighted by Crippen LogP contribution is -2.14. The molecule has 19 heavy (non-hydrogen) atoms. The average Bonchev–Trinajstić information content (AvgIpc) is 2.42. The Morgan fingerprint density at radius 2 is 2.00 bits per heavy atom. The second kappa shape index (κ2) is 6.31. The van der Waals surface area contributed by atoms with Crippen molar-refractivity contribution in [3.05, 3.63) is 24.3 Å². The molecule has 2 aromatic rings. The summed E-state index contributed by atoms with van der Waals surface area (Å²) in [6, 6.07) is 7.61. The van der Waals surface area contributed by atoms with E-state index in [1.807, 2.05) is 38.1 Å². The third-order valence-corrected chi connectivity index (χ3v) is 2.47. The van der Waals surface area contributed by atoms with Crippen LogP contribution in [0.3, 0.4) is 0 Å². The minimum absolute atomic E-state index is 0.187. The molecule has 0 amide bonds. The van der Waals surface area contributed by atoms with Crippen LogP contribution in [0.15, 0.2) is 24.3 Å². The number of aromatic nitrogens is 2. The molecule has 0 aliphatic heterocycles. The molecular formula is C13H18N4O2.